The number of pyridine rings is 1. The molecule has 0 amide bonds. The van der Waals surface area contributed by atoms with Gasteiger partial charge in [0.15, 0.2) is 0 Å². The Labute approximate surface area is 119 Å². The van der Waals surface area contributed by atoms with Crippen LogP contribution in [0.15, 0.2) is 66.9 Å². The molecule has 0 radical (unpaired) electrons. The number of aromatic nitrogens is 1. The average molecular weight is 262 g/mol. The summed E-state index contributed by atoms with van der Waals surface area (Å²) in [5.74, 6) is 0. The molecule has 1 unspecified atom stereocenters. The van der Waals surface area contributed by atoms with Gasteiger partial charge in [-0.2, -0.15) is 0 Å². The van der Waals surface area contributed by atoms with Crippen LogP contribution in [-0.4, -0.2) is 4.98 Å². The van der Waals surface area contributed by atoms with Crippen molar-refractivity contribution in [3.8, 4) is 0 Å². The highest BCUT2D eigenvalue weighted by Gasteiger charge is 2.08. The van der Waals surface area contributed by atoms with E-state index < -0.39 is 0 Å². The Morgan fingerprint density at radius 3 is 2.60 bits per heavy atom. The maximum atomic E-state index is 4.34. The van der Waals surface area contributed by atoms with Crippen LogP contribution in [0.1, 0.15) is 24.2 Å². The number of fused-ring (bicyclic) bond motifs is 1. The molecule has 0 aliphatic carbocycles. The van der Waals surface area contributed by atoms with Crippen LogP contribution >= 0.6 is 0 Å². The van der Waals surface area contributed by atoms with E-state index in [2.05, 4.69) is 59.7 Å². The third-order valence-corrected chi connectivity index (χ3v) is 3.61. The lowest BCUT2D eigenvalue weighted by atomic mass is 10.00. The van der Waals surface area contributed by atoms with Crippen molar-refractivity contribution in [3.05, 3.63) is 78.1 Å². The zero-order chi connectivity index (χ0) is 13.8. The number of hydrogen-bond acceptors (Lipinski definition) is 2. The summed E-state index contributed by atoms with van der Waals surface area (Å²) in [4.78, 5) is 4.34. The summed E-state index contributed by atoms with van der Waals surface area (Å²) >= 11 is 0. The first-order chi connectivity index (χ1) is 9.84. The summed E-state index contributed by atoms with van der Waals surface area (Å²) in [5, 5.41) is 6.15. The largest absolute Gasteiger partial charge is 0.305 e. The minimum atomic E-state index is 0.295. The molecule has 0 fully saturated rings. The molecule has 0 aliphatic heterocycles. The third-order valence-electron chi connectivity index (χ3n) is 3.61. The van der Waals surface area contributed by atoms with Crippen molar-refractivity contribution in [2.45, 2.75) is 19.5 Å². The van der Waals surface area contributed by atoms with E-state index in [1.54, 1.807) is 0 Å². The molecule has 0 spiro atoms. The van der Waals surface area contributed by atoms with Crippen molar-refractivity contribution < 1.29 is 0 Å². The Morgan fingerprint density at radius 1 is 0.950 bits per heavy atom. The summed E-state index contributed by atoms with van der Waals surface area (Å²) in [6, 6.07) is 21.3. The van der Waals surface area contributed by atoms with Gasteiger partial charge in [0, 0.05) is 18.8 Å². The molecule has 1 atom stereocenters. The standard InChI is InChI=1S/C18H18N2/c1-14(20-13-16-9-4-5-12-19-16)17-11-6-8-15-7-2-3-10-18(15)17/h2-12,14,20H,13H2,1H3. The quantitative estimate of drug-likeness (QED) is 0.766. The minimum absolute atomic E-state index is 0.295. The molecule has 1 aromatic heterocycles. The average Bonchev–Trinajstić information content (AvgIpc) is 2.53. The van der Waals surface area contributed by atoms with E-state index in [-0.39, 0.29) is 0 Å². The highest BCUT2D eigenvalue weighted by Crippen LogP contribution is 2.24. The van der Waals surface area contributed by atoms with Crippen molar-refractivity contribution in [2.24, 2.45) is 0 Å². The monoisotopic (exact) mass is 262 g/mol. The minimum Gasteiger partial charge on any atom is -0.305 e. The summed E-state index contributed by atoms with van der Waals surface area (Å²) in [7, 11) is 0. The lowest BCUT2D eigenvalue weighted by Gasteiger charge is -2.16. The van der Waals surface area contributed by atoms with E-state index >= 15 is 0 Å². The lowest BCUT2D eigenvalue weighted by molar-refractivity contribution is 0.571. The van der Waals surface area contributed by atoms with Crippen LogP contribution in [0.4, 0.5) is 0 Å². The molecule has 1 heterocycles. The Morgan fingerprint density at radius 2 is 1.75 bits per heavy atom. The smallest absolute Gasteiger partial charge is 0.0541 e. The molecule has 1 N–H and O–H groups in total. The van der Waals surface area contributed by atoms with Gasteiger partial charge in [-0.05, 0) is 35.4 Å². The molecule has 2 aromatic carbocycles. The van der Waals surface area contributed by atoms with Crippen LogP contribution in [0.2, 0.25) is 0 Å². The van der Waals surface area contributed by atoms with Crippen LogP contribution in [0.3, 0.4) is 0 Å². The van der Waals surface area contributed by atoms with Gasteiger partial charge in [0.2, 0.25) is 0 Å². The summed E-state index contributed by atoms with van der Waals surface area (Å²) in [6.07, 6.45) is 1.83. The molecule has 0 aliphatic rings. The predicted molar refractivity (Wildman–Crippen MR) is 83.4 cm³/mol. The first-order valence-corrected chi connectivity index (χ1v) is 6.95. The SMILES string of the molecule is CC(NCc1ccccn1)c1cccc2ccccc12. The molecule has 100 valence electrons. The fraction of sp³-hybridized carbons (Fsp3) is 0.167. The van der Waals surface area contributed by atoms with E-state index in [4.69, 9.17) is 0 Å². The maximum absolute atomic E-state index is 4.34. The van der Waals surface area contributed by atoms with Crippen LogP contribution in [0, 0.1) is 0 Å². The molecule has 20 heavy (non-hydrogen) atoms. The van der Waals surface area contributed by atoms with Gasteiger partial charge in [0.25, 0.3) is 0 Å². The summed E-state index contributed by atoms with van der Waals surface area (Å²) in [5.41, 5.74) is 2.40. The zero-order valence-corrected chi connectivity index (χ0v) is 11.6. The highest BCUT2D eigenvalue weighted by molar-refractivity contribution is 5.86. The van der Waals surface area contributed by atoms with Crippen molar-refractivity contribution in [2.75, 3.05) is 0 Å². The van der Waals surface area contributed by atoms with Crippen molar-refractivity contribution in [3.63, 3.8) is 0 Å². The van der Waals surface area contributed by atoms with Crippen LogP contribution in [-0.2, 0) is 6.54 Å². The fourth-order valence-electron chi connectivity index (χ4n) is 2.50. The number of hydrogen-bond donors (Lipinski definition) is 1. The van der Waals surface area contributed by atoms with E-state index in [0.29, 0.717) is 6.04 Å². The lowest BCUT2D eigenvalue weighted by Crippen LogP contribution is -2.18. The van der Waals surface area contributed by atoms with Gasteiger partial charge in [-0.3, -0.25) is 4.98 Å². The van der Waals surface area contributed by atoms with Gasteiger partial charge >= 0.3 is 0 Å². The van der Waals surface area contributed by atoms with Crippen molar-refractivity contribution in [1.82, 2.24) is 10.3 Å². The molecule has 0 saturated heterocycles. The summed E-state index contributed by atoms with van der Waals surface area (Å²) in [6.45, 7) is 2.98. The predicted octanol–water partition coefficient (Wildman–Crippen LogP) is 4.09. The van der Waals surface area contributed by atoms with E-state index in [1.807, 2.05) is 24.4 Å². The first-order valence-electron chi connectivity index (χ1n) is 6.95. The van der Waals surface area contributed by atoms with Gasteiger partial charge in [0.05, 0.1) is 5.69 Å². The van der Waals surface area contributed by atoms with Gasteiger partial charge in [0.1, 0.15) is 0 Å². The second-order valence-corrected chi connectivity index (χ2v) is 4.99. The fourth-order valence-corrected chi connectivity index (χ4v) is 2.50. The zero-order valence-electron chi connectivity index (χ0n) is 11.6. The van der Waals surface area contributed by atoms with Crippen LogP contribution in [0.25, 0.3) is 10.8 Å². The normalized spacial score (nSPS) is 12.4. The van der Waals surface area contributed by atoms with Crippen molar-refractivity contribution in [1.29, 1.82) is 0 Å². The Balaban J connectivity index is 1.80. The van der Waals surface area contributed by atoms with E-state index in [1.165, 1.54) is 16.3 Å². The number of nitrogens with zero attached hydrogens (tertiary/aromatic N) is 1. The van der Waals surface area contributed by atoms with E-state index in [9.17, 15) is 0 Å². The number of rotatable bonds is 4. The molecular weight excluding hydrogens is 244 g/mol. The van der Waals surface area contributed by atoms with Gasteiger partial charge in [-0.25, -0.2) is 0 Å². The van der Waals surface area contributed by atoms with Crippen LogP contribution < -0.4 is 5.32 Å². The first kappa shape index (κ1) is 12.8. The molecule has 3 rings (SSSR count). The van der Waals surface area contributed by atoms with Crippen molar-refractivity contribution >= 4 is 10.8 Å². The second kappa shape index (κ2) is 5.85. The molecular formula is C18H18N2. The third kappa shape index (κ3) is 2.70. The second-order valence-electron chi connectivity index (χ2n) is 4.99. The van der Waals surface area contributed by atoms with Gasteiger partial charge < -0.3 is 5.32 Å². The van der Waals surface area contributed by atoms with E-state index in [0.717, 1.165) is 12.2 Å². The Bertz CT molecular complexity index is 687. The molecule has 0 saturated carbocycles. The number of nitrogens with one attached hydrogen (secondary N) is 1. The Hall–Kier alpha value is -2.19. The van der Waals surface area contributed by atoms with Gasteiger partial charge in [-0.15, -0.1) is 0 Å². The summed E-state index contributed by atoms with van der Waals surface area (Å²) < 4.78 is 0. The van der Waals surface area contributed by atoms with Gasteiger partial charge in [-0.1, -0.05) is 48.5 Å². The molecule has 2 nitrogen and oxygen atoms in total. The molecule has 3 aromatic rings. The number of benzene rings is 2. The highest BCUT2D eigenvalue weighted by atomic mass is 14.9. The maximum Gasteiger partial charge on any atom is 0.0541 e. The Kier molecular flexibility index (Phi) is 3.75. The molecule has 2 heteroatoms. The molecule has 0 bridgehead atoms. The topological polar surface area (TPSA) is 24.9 Å². The van der Waals surface area contributed by atoms with Crippen LogP contribution in [0.5, 0.6) is 0 Å².